The molecule has 0 aliphatic rings. The Balaban J connectivity index is 2.18. The molecule has 0 radical (unpaired) electrons. The van der Waals surface area contributed by atoms with Crippen molar-refractivity contribution in [2.24, 2.45) is 0 Å². The van der Waals surface area contributed by atoms with Crippen molar-refractivity contribution in [3.63, 3.8) is 0 Å². The van der Waals surface area contributed by atoms with Gasteiger partial charge in [0.2, 0.25) is 5.95 Å². The highest BCUT2D eigenvalue weighted by atomic mass is 16.5. The Hall–Kier alpha value is -2.41. The molecule has 0 fully saturated rings. The van der Waals surface area contributed by atoms with Crippen molar-refractivity contribution in [1.29, 1.82) is 0 Å². The molecule has 2 rings (SSSR count). The molecule has 0 spiro atoms. The van der Waals surface area contributed by atoms with Gasteiger partial charge in [0.05, 0.1) is 12.7 Å². The Morgan fingerprint density at radius 1 is 1.14 bits per heavy atom. The molecule has 7 heteroatoms. The third kappa shape index (κ3) is 4.57. The molecule has 21 heavy (non-hydrogen) atoms. The van der Waals surface area contributed by atoms with E-state index in [0.717, 1.165) is 5.56 Å². The smallest absolute Gasteiger partial charge is 0.330 e. The lowest BCUT2D eigenvalue weighted by Gasteiger charge is -2.10. The van der Waals surface area contributed by atoms with Gasteiger partial charge in [-0.25, -0.2) is 0 Å². The summed E-state index contributed by atoms with van der Waals surface area (Å²) in [4.78, 5) is 11.9. The van der Waals surface area contributed by atoms with E-state index in [9.17, 15) is 0 Å². The number of rotatable bonds is 6. The monoisotopic (exact) mass is 290 g/mol. The Kier molecular flexibility index (Phi) is 4.89. The molecule has 0 amide bonds. The fourth-order valence-corrected chi connectivity index (χ4v) is 1.63. The highest BCUT2D eigenvalue weighted by molar-refractivity contribution is 5.31. The number of benzene rings is 1. The van der Waals surface area contributed by atoms with Crippen LogP contribution in [0.25, 0.3) is 0 Å². The summed E-state index contributed by atoms with van der Waals surface area (Å²) in [7, 11) is 1.63. The Morgan fingerprint density at radius 3 is 2.62 bits per heavy atom. The van der Waals surface area contributed by atoms with Crippen LogP contribution >= 0.6 is 0 Å². The molecule has 0 aliphatic carbocycles. The number of hydrogen-bond acceptors (Lipinski definition) is 7. The van der Waals surface area contributed by atoms with Gasteiger partial charge in [0.25, 0.3) is 0 Å². The molecule has 0 unspecified atom stereocenters. The highest BCUT2D eigenvalue weighted by Crippen LogP contribution is 2.21. The van der Waals surface area contributed by atoms with Crippen LogP contribution in [-0.2, 0) is 11.3 Å². The van der Waals surface area contributed by atoms with Crippen molar-refractivity contribution in [3.8, 4) is 17.8 Å². The summed E-state index contributed by atoms with van der Waals surface area (Å²) in [6.07, 6.45) is -0.0651. The predicted octanol–water partition coefficient (Wildman–Crippen LogP) is 2.18. The number of nitrogens with zero attached hydrogens (tertiary/aromatic N) is 3. The number of aromatic nitrogens is 3. The maximum absolute atomic E-state index is 5.62. The fraction of sp³-hybridized carbons (Fsp3) is 0.357. The van der Waals surface area contributed by atoms with Gasteiger partial charge in [0.1, 0.15) is 5.75 Å². The lowest BCUT2D eigenvalue weighted by Crippen LogP contribution is -2.11. The molecule has 0 atom stereocenters. The second-order valence-corrected chi connectivity index (χ2v) is 4.61. The van der Waals surface area contributed by atoms with Crippen LogP contribution in [0.3, 0.4) is 0 Å². The van der Waals surface area contributed by atoms with E-state index in [1.54, 1.807) is 13.2 Å². The minimum atomic E-state index is -0.0651. The first kappa shape index (κ1) is 15.0. The summed E-state index contributed by atoms with van der Waals surface area (Å²) < 4.78 is 16.1. The quantitative estimate of drug-likeness (QED) is 0.871. The third-order valence-corrected chi connectivity index (χ3v) is 2.37. The maximum Gasteiger partial charge on any atom is 0.330 e. The molecule has 7 nitrogen and oxygen atoms in total. The van der Waals surface area contributed by atoms with Crippen LogP contribution < -0.4 is 15.2 Å². The van der Waals surface area contributed by atoms with Crippen LogP contribution in [0.2, 0.25) is 0 Å². The summed E-state index contributed by atoms with van der Waals surface area (Å²) in [5, 5.41) is 0. The predicted molar refractivity (Wildman–Crippen MR) is 77.2 cm³/mol. The maximum atomic E-state index is 5.62. The molecular formula is C14H18N4O3. The number of hydrogen-bond donors (Lipinski definition) is 1. The lowest BCUT2D eigenvalue weighted by molar-refractivity contribution is 0.184. The van der Waals surface area contributed by atoms with Crippen molar-refractivity contribution in [2.75, 3.05) is 12.8 Å². The Morgan fingerprint density at radius 2 is 1.90 bits per heavy atom. The summed E-state index contributed by atoms with van der Waals surface area (Å²) in [5.74, 6) is 0.634. The van der Waals surface area contributed by atoms with E-state index in [1.807, 2.05) is 32.0 Å². The zero-order valence-corrected chi connectivity index (χ0v) is 12.2. The van der Waals surface area contributed by atoms with Crippen LogP contribution in [-0.4, -0.2) is 28.2 Å². The van der Waals surface area contributed by atoms with Gasteiger partial charge in [-0.1, -0.05) is 12.1 Å². The average Bonchev–Trinajstić information content (AvgIpc) is 2.37. The average molecular weight is 290 g/mol. The number of ether oxygens (including phenoxy) is 3. The van der Waals surface area contributed by atoms with Crippen LogP contribution in [0.5, 0.6) is 17.8 Å². The standard InChI is InChI=1S/C14H18N4O3/c1-9(2)20-13-16-12(15)17-14(18-13)21-11-6-4-5-10(7-11)8-19-3/h4-7,9H,8H2,1-3H3,(H2,15,16,17,18). The summed E-state index contributed by atoms with van der Waals surface area (Å²) >= 11 is 0. The van der Waals surface area contributed by atoms with Crippen LogP contribution in [0.1, 0.15) is 19.4 Å². The molecule has 2 aromatic rings. The van der Waals surface area contributed by atoms with Crippen LogP contribution in [0.4, 0.5) is 5.95 Å². The normalized spacial score (nSPS) is 10.7. The van der Waals surface area contributed by atoms with Crippen molar-refractivity contribution in [3.05, 3.63) is 29.8 Å². The fourth-order valence-electron chi connectivity index (χ4n) is 1.63. The molecule has 0 saturated carbocycles. The minimum Gasteiger partial charge on any atom is -0.461 e. The van der Waals surface area contributed by atoms with E-state index < -0.39 is 0 Å². The Labute approximate surface area is 123 Å². The molecule has 0 bridgehead atoms. The number of methoxy groups -OCH3 is 1. The van der Waals surface area contributed by atoms with Crippen molar-refractivity contribution in [1.82, 2.24) is 15.0 Å². The third-order valence-electron chi connectivity index (χ3n) is 2.37. The summed E-state index contributed by atoms with van der Waals surface area (Å²) in [5.41, 5.74) is 6.61. The molecule has 2 N–H and O–H groups in total. The van der Waals surface area contributed by atoms with E-state index in [0.29, 0.717) is 12.4 Å². The zero-order chi connectivity index (χ0) is 15.2. The summed E-state index contributed by atoms with van der Waals surface area (Å²) in [6, 6.07) is 7.66. The topological polar surface area (TPSA) is 92.4 Å². The van der Waals surface area contributed by atoms with E-state index in [2.05, 4.69) is 15.0 Å². The van der Waals surface area contributed by atoms with Crippen LogP contribution in [0.15, 0.2) is 24.3 Å². The molecule has 1 heterocycles. The molecule has 112 valence electrons. The summed E-state index contributed by atoms with van der Waals surface area (Å²) in [6.45, 7) is 4.24. The lowest BCUT2D eigenvalue weighted by atomic mass is 10.2. The van der Waals surface area contributed by atoms with E-state index in [1.165, 1.54) is 0 Å². The molecular weight excluding hydrogens is 272 g/mol. The van der Waals surface area contributed by atoms with Gasteiger partial charge in [0.15, 0.2) is 0 Å². The second kappa shape index (κ2) is 6.85. The molecule has 1 aromatic heterocycles. The second-order valence-electron chi connectivity index (χ2n) is 4.61. The van der Waals surface area contributed by atoms with Gasteiger partial charge in [-0.15, -0.1) is 4.98 Å². The van der Waals surface area contributed by atoms with Crippen molar-refractivity contribution < 1.29 is 14.2 Å². The highest BCUT2D eigenvalue weighted by Gasteiger charge is 2.09. The largest absolute Gasteiger partial charge is 0.461 e. The van der Waals surface area contributed by atoms with Gasteiger partial charge < -0.3 is 19.9 Å². The minimum absolute atomic E-state index is 0.0451. The molecule has 1 aromatic carbocycles. The zero-order valence-electron chi connectivity index (χ0n) is 12.2. The van der Waals surface area contributed by atoms with Gasteiger partial charge >= 0.3 is 12.0 Å². The first-order chi connectivity index (χ1) is 10.1. The van der Waals surface area contributed by atoms with Crippen molar-refractivity contribution >= 4 is 5.95 Å². The SMILES string of the molecule is COCc1cccc(Oc2nc(N)nc(OC(C)C)n2)c1. The number of nitrogen functional groups attached to an aromatic ring is 1. The first-order valence-electron chi connectivity index (χ1n) is 6.50. The molecule has 0 aliphatic heterocycles. The number of anilines is 1. The van der Waals surface area contributed by atoms with Crippen LogP contribution in [0, 0.1) is 0 Å². The van der Waals surface area contributed by atoms with E-state index >= 15 is 0 Å². The van der Waals surface area contributed by atoms with Crippen molar-refractivity contribution in [2.45, 2.75) is 26.6 Å². The van der Waals surface area contributed by atoms with Gasteiger partial charge in [0, 0.05) is 7.11 Å². The molecule has 0 saturated heterocycles. The first-order valence-corrected chi connectivity index (χ1v) is 6.50. The Bertz CT molecular complexity index is 605. The number of nitrogens with two attached hydrogens (primary N) is 1. The van der Waals surface area contributed by atoms with Gasteiger partial charge in [-0.2, -0.15) is 9.97 Å². The van der Waals surface area contributed by atoms with Gasteiger partial charge in [-0.3, -0.25) is 0 Å². The van der Waals surface area contributed by atoms with Gasteiger partial charge in [-0.05, 0) is 31.5 Å². The van der Waals surface area contributed by atoms with E-state index in [-0.39, 0.29) is 24.1 Å². The van der Waals surface area contributed by atoms with E-state index in [4.69, 9.17) is 19.9 Å².